The number of anilines is 1. The summed E-state index contributed by atoms with van der Waals surface area (Å²) in [5.74, 6) is 0.408. The Bertz CT molecular complexity index is 526. The van der Waals surface area contributed by atoms with Crippen molar-refractivity contribution >= 4 is 23.1 Å². The fraction of sp³-hybridized carbons (Fsp3) is 0.333. The molecule has 0 saturated carbocycles. The lowest BCUT2D eigenvalue weighted by Gasteiger charge is -2.10. The minimum Gasteiger partial charge on any atom is -0.369 e. The van der Waals surface area contributed by atoms with E-state index in [2.05, 4.69) is 25.8 Å². The number of hydrogen-bond donors (Lipinski definition) is 2. The van der Waals surface area contributed by atoms with Crippen LogP contribution in [0.25, 0.3) is 0 Å². The van der Waals surface area contributed by atoms with E-state index in [4.69, 9.17) is 0 Å². The van der Waals surface area contributed by atoms with Crippen LogP contribution < -0.4 is 10.6 Å². The van der Waals surface area contributed by atoms with Crippen LogP contribution in [0.2, 0.25) is 0 Å². The highest BCUT2D eigenvalue weighted by atomic mass is 32.1. The highest BCUT2D eigenvalue weighted by Crippen LogP contribution is 2.15. The lowest BCUT2D eigenvalue weighted by Crippen LogP contribution is -2.27. The second-order valence-corrected chi connectivity index (χ2v) is 4.83. The zero-order valence-corrected chi connectivity index (χ0v) is 11.6. The summed E-state index contributed by atoms with van der Waals surface area (Å²) < 4.78 is 0. The van der Waals surface area contributed by atoms with Crippen molar-refractivity contribution in [2.75, 3.05) is 11.9 Å². The first-order valence-electron chi connectivity index (χ1n) is 5.98. The third-order valence-corrected chi connectivity index (χ3v) is 3.38. The number of nitrogens with zero attached hydrogens (tertiary/aromatic N) is 3. The molecule has 6 nitrogen and oxygen atoms in total. The van der Waals surface area contributed by atoms with Gasteiger partial charge in [-0.1, -0.05) is 0 Å². The summed E-state index contributed by atoms with van der Waals surface area (Å²) in [6, 6.07) is 3.25. The summed E-state index contributed by atoms with van der Waals surface area (Å²) in [6.07, 6.45) is 1.72. The molecule has 0 radical (unpaired) electrons. The van der Waals surface area contributed by atoms with Crippen LogP contribution in [0.4, 0.5) is 5.82 Å². The zero-order chi connectivity index (χ0) is 13.7. The molecule has 2 rings (SSSR count). The third kappa shape index (κ3) is 3.47. The number of carbonyl (C=O) groups is 1. The van der Waals surface area contributed by atoms with Crippen molar-refractivity contribution in [1.29, 1.82) is 0 Å². The molecule has 1 unspecified atom stereocenters. The molecule has 2 N–H and O–H groups in total. The number of hydrogen-bond acceptors (Lipinski definition) is 6. The van der Waals surface area contributed by atoms with Crippen LogP contribution in [0.15, 0.2) is 23.7 Å². The average molecular weight is 277 g/mol. The summed E-state index contributed by atoms with van der Waals surface area (Å²) in [7, 11) is 0. The first-order chi connectivity index (χ1) is 9.20. The molecule has 0 aliphatic carbocycles. The van der Waals surface area contributed by atoms with Gasteiger partial charge in [0.2, 0.25) is 0 Å². The number of carbonyl (C=O) groups excluding carboxylic acids is 1. The van der Waals surface area contributed by atoms with Crippen molar-refractivity contribution in [3.63, 3.8) is 0 Å². The Kier molecular flexibility index (Phi) is 4.40. The van der Waals surface area contributed by atoms with E-state index >= 15 is 0 Å². The molecular weight excluding hydrogens is 262 g/mol. The first kappa shape index (κ1) is 13.4. The monoisotopic (exact) mass is 277 g/mol. The van der Waals surface area contributed by atoms with Crippen LogP contribution in [0.3, 0.4) is 0 Å². The maximum absolute atomic E-state index is 12.0. The minimum atomic E-state index is -0.252. The topological polar surface area (TPSA) is 79.8 Å². The fourth-order valence-electron chi connectivity index (χ4n) is 1.51. The number of aromatic nitrogens is 3. The third-order valence-electron chi connectivity index (χ3n) is 2.42. The standard InChI is InChI=1S/C12H15N5OS/c1-3-13-10-5-4-9(16-17-10)11(18)15-8(2)12-14-6-7-19-12/h4-8H,3H2,1-2H3,(H,13,17)(H,15,18). The highest BCUT2D eigenvalue weighted by molar-refractivity contribution is 7.09. The quantitative estimate of drug-likeness (QED) is 0.872. The molecule has 19 heavy (non-hydrogen) atoms. The normalized spacial score (nSPS) is 11.9. The predicted molar refractivity (Wildman–Crippen MR) is 74.2 cm³/mol. The molecule has 100 valence electrons. The molecule has 0 aliphatic rings. The molecule has 0 spiro atoms. The molecule has 1 atom stereocenters. The van der Waals surface area contributed by atoms with Gasteiger partial charge in [0, 0.05) is 18.1 Å². The van der Waals surface area contributed by atoms with E-state index in [0.29, 0.717) is 11.5 Å². The second-order valence-electron chi connectivity index (χ2n) is 3.90. The maximum Gasteiger partial charge on any atom is 0.272 e. The Hall–Kier alpha value is -2.02. The summed E-state index contributed by atoms with van der Waals surface area (Å²) in [5.41, 5.74) is 0.296. The summed E-state index contributed by atoms with van der Waals surface area (Å²) in [4.78, 5) is 16.1. The highest BCUT2D eigenvalue weighted by Gasteiger charge is 2.14. The molecule has 0 aliphatic heterocycles. The molecule has 2 heterocycles. The Morgan fingerprint density at radius 2 is 2.26 bits per heavy atom. The average Bonchev–Trinajstić information content (AvgIpc) is 2.94. The number of nitrogens with one attached hydrogen (secondary N) is 2. The summed E-state index contributed by atoms with van der Waals surface area (Å²) >= 11 is 1.51. The zero-order valence-electron chi connectivity index (χ0n) is 10.8. The van der Waals surface area contributed by atoms with Gasteiger partial charge in [-0.2, -0.15) is 0 Å². The fourth-order valence-corrected chi connectivity index (χ4v) is 2.16. The van der Waals surface area contributed by atoms with Gasteiger partial charge in [-0.3, -0.25) is 4.79 Å². The summed E-state index contributed by atoms with van der Waals surface area (Å²) in [5, 5.41) is 16.4. The Morgan fingerprint density at radius 3 is 2.84 bits per heavy atom. The second kappa shape index (κ2) is 6.24. The van der Waals surface area contributed by atoms with Gasteiger partial charge < -0.3 is 10.6 Å². The molecule has 7 heteroatoms. The Morgan fingerprint density at radius 1 is 1.42 bits per heavy atom. The van der Waals surface area contributed by atoms with Gasteiger partial charge >= 0.3 is 0 Å². The van der Waals surface area contributed by atoms with Gasteiger partial charge in [0.15, 0.2) is 5.69 Å². The van der Waals surface area contributed by atoms with Crippen molar-refractivity contribution in [2.45, 2.75) is 19.9 Å². The van der Waals surface area contributed by atoms with Crippen LogP contribution in [-0.4, -0.2) is 27.6 Å². The van der Waals surface area contributed by atoms with E-state index < -0.39 is 0 Å². The van der Waals surface area contributed by atoms with Crippen LogP contribution in [-0.2, 0) is 0 Å². The molecule has 0 bridgehead atoms. The molecule has 0 aromatic carbocycles. The molecule has 2 aromatic rings. The lowest BCUT2D eigenvalue weighted by molar-refractivity contribution is 0.0934. The van der Waals surface area contributed by atoms with Crippen molar-refractivity contribution in [3.05, 3.63) is 34.4 Å². The van der Waals surface area contributed by atoms with Crippen LogP contribution in [0.5, 0.6) is 0 Å². The van der Waals surface area contributed by atoms with Gasteiger partial charge in [0.25, 0.3) is 5.91 Å². The van der Waals surface area contributed by atoms with E-state index in [1.54, 1.807) is 18.3 Å². The van der Waals surface area contributed by atoms with E-state index in [-0.39, 0.29) is 11.9 Å². The largest absolute Gasteiger partial charge is 0.369 e. The van der Waals surface area contributed by atoms with Gasteiger partial charge in [-0.15, -0.1) is 21.5 Å². The lowest BCUT2D eigenvalue weighted by atomic mass is 10.3. The van der Waals surface area contributed by atoms with Gasteiger partial charge in [0.05, 0.1) is 6.04 Å². The van der Waals surface area contributed by atoms with Crippen LogP contribution in [0.1, 0.15) is 35.4 Å². The smallest absolute Gasteiger partial charge is 0.272 e. The number of rotatable bonds is 5. The van der Waals surface area contributed by atoms with E-state index in [1.165, 1.54) is 11.3 Å². The predicted octanol–water partition coefficient (Wildman–Crippen LogP) is 1.86. The number of thiazole rings is 1. The van der Waals surface area contributed by atoms with Crippen molar-refractivity contribution in [2.24, 2.45) is 0 Å². The van der Waals surface area contributed by atoms with E-state index in [1.807, 2.05) is 19.2 Å². The SMILES string of the molecule is CCNc1ccc(C(=O)NC(C)c2nccs2)nn1. The summed E-state index contributed by atoms with van der Waals surface area (Å²) in [6.45, 7) is 4.62. The molecular formula is C12H15N5OS. The van der Waals surface area contributed by atoms with Gasteiger partial charge in [-0.25, -0.2) is 4.98 Å². The van der Waals surface area contributed by atoms with Crippen LogP contribution >= 0.6 is 11.3 Å². The maximum atomic E-state index is 12.0. The van der Waals surface area contributed by atoms with Crippen molar-refractivity contribution in [3.8, 4) is 0 Å². The van der Waals surface area contributed by atoms with E-state index in [0.717, 1.165) is 11.6 Å². The molecule has 0 fully saturated rings. The van der Waals surface area contributed by atoms with Crippen molar-refractivity contribution < 1.29 is 4.79 Å². The molecule has 0 saturated heterocycles. The molecule has 2 aromatic heterocycles. The van der Waals surface area contributed by atoms with E-state index in [9.17, 15) is 4.79 Å². The van der Waals surface area contributed by atoms with Gasteiger partial charge in [-0.05, 0) is 26.0 Å². The van der Waals surface area contributed by atoms with Crippen LogP contribution in [0, 0.1) is 0 Å². The minimum absolute atomic E-state index is 0.136. The van der Waals surface area contributed by atoms with Crippen molar-refractivity contribution in [1.82, 2.24) is 20.5 Å². The molecule has 1 amide bonds. The first-order valence-corrected chi connectivity index (χ1v) is 6.86. The Labute approximate surface area is 115 Å². The number of amides is 1. The van der Waals surface area contributed by atoms with Gasteiger partial charge in [0.1, 0.15) is 10.8 Å². The Balaban J connectivity index is 1.99.